The molecule has 166 valence electrons. The van der Waals surface area contributed by atoms with Crippen LogP contribution in [0.2, 0.25) is 0 Å². The van der Waals surface area contributed by atoms with Crippen LogP contribution in [0, 0.1) is 12.7 Å². The minimum Gasteiger partial charge on any atom is -0.366 e. The van der Waals surface area contributed by atoms with Crippen LogP contribution < -0.4 is 4.90 Å². The molecule has 7 nitrogen and oxygen atoms in total. The third-order valence-corrected chi connectivity index (χ3v) is 6.41. The van der Waals surface area contributed by atoms with E-state index in [1.807, 2.05) is 40.7 Å². The first-order valence-electron chi connectivity index (χ1n) is 10.4. The van der Waals surface area contributed by atoms with Crippen molar-refractivity contribution < 1.29 is 14.0 Å². The zero-order valence-electron chi connectivity index (χ0n) is 18.0. The minimum atomic E-state index is -0.413. The van der Waals surface area contributed by atoms with Gasteiger partial charge in [-0.3, -0.25) is 14.2 Å². The second-order valence-electron chi connectivity index (χ2n) is 7.70. The first kappa shape index (κ1) is 22.0. The summed E-state index contributed by atoms with van der Waals surface area (Å²) in [5.41, 5.74) is 2.93. The third-order valence-electron chi connectivity index (χ3n) is 5.48. The fraction of sp³-hybridized carbons (Fsp3) is 0.304. The summed E-state index contributed by atoms with van der Waals surface area (Å²) in [5.74, 6) is -0.308. The predicted molar refractivity (Wildman–Crippen MR) is 122 cm³/mol. The van der Waals surface area contributed by atoms with Crippen LogP contribution in [0.5, 0.6) is 0 Å². The molecule has 2 aromatic carbocycles. The molecule has 9 heteroatoms. The number of hydrogen-bond acceptors (Lipinski definition) is 6. The highest BCUT2D eigenvalue weighted by Crippen LogP contribution is 2.24. The highest BCUT2D eigenvalue weighted by atomic mass is 32.2. The summed E-state index contributed by atoms with van der Waals surface area (Å²) >= 11 is 1.35. The van der Waals surface area contributed by atoms with E-state index in [9.17, 15) is 14.0 Å². The number of ketones is 1. The topological polar surface area (TPSA) is 71.3 Å². The molecule has 1 aromatic heterocycles. The van der Waals surface area contributed by atoms with E-state index in [1.165, 1.54) is 30.3 Å². The third kappa shape index (κ3) is 4.83. The first-order valence-corrected chi connectivity index (χ1v) is 11.3. The number of rotatable bonds is 6. The van der Waals surface area contributed by atoms with Crippen LogP contribution >= 0.6 is 11.8 Å². The van der Waals surface area contributed by atoms with E-state index in [0.29, 0.717) is 42.6 Å². The number of carbonyl (C=O) groups excluding carboxylic acids is 2. The minimum absolute atomic E-state index is 0.0144. The number of piperazine rings is 1. The Morgan fingerprint density at radius 2 is 1.78 bits per heavy atom. The number of aromatic nitrogens is 3. The van der Waals surface area contributed by atoms with Crippen molar-refractivity contribution >= 4 is 29.1 Å². The van der Waals surface area contributed by atoms with Gasteiger partial charge in [-0.25, -0.2) is 4.39 Å². The predicted octanol–water partition coefficient (Wildman–Crippen LogP) is 3.36. The monoisotopic (exact) mass is 453 g/mol. The normalized spacial score (nSPS) is 14.0. The number of nitrogens with zero attached hydrogens (tertiary/aromatic N) is 5. The van der Waals surface area contributed by atoms with Gasteiger partial charge in [-0.1, -0.05) is 29.5 Å². The maximum Gasteiger partial charge on any atom is 0.233 e. The summed E-state index contributed by atoms with van der Waals surface area (Å²) in [6.45, 7) is 5.54. The average Bonchev–Trinajstić information content (AvgIpc) is 3.26. The first-order chi connectivity index (χ1) is 15.4. The lowest BCUT2D eigenvalue weighted by Crippen LogP contribution is -2.49. The fourth-order valence-electron chi connectivity index (χ4n) is 3.60. The van der Waals surface area contributed by atoms with Crippen LogP contribution in [-0.4, -0.2) is 63.3 Å². The van der Waals surface area contributed by atoms with Crippen LogP contribution in [-0.2, 0) is 4.79 Å². The van der Waals surface area contributed by atoms with Gasteiger partial charge in [-0.2, -0.15) is 0 Å². The number of thioether (sulfide) groups is 1. The van der Waals surface area contributed by atoms with Crippen molar-refractivity contribution in [3.63, 3.8) is 0 Å². The van der Waals surface area contributed by atoms with Gasteiger partial charge in [0.15, 0.2) is 10.9 Å². The summed E-state index contributed by atoms with van der Waals surface area (Å²) in [7, 11) is 0. The number of Topliss-reactive ketones (excluding diaryl/α,β-unsaturated/α-hetero) is 1. The molecule has 0 spiro atoms. The lowest BCUT2D eigenvalue weighted by atomic mass is 10.1. The van der Waals surface area contributed by atoms with Gasteiger partial charge < -0.3 is 9.80 Å². The maximum absolute atomic E-state index is 14.4. The number of amides is 1. The summed E-state index contributed by atoms with van der Waals surface area (Å²) in [5, 5.41) is 8.79. The van der Waals surface area contributed by atoms with Crippen molar-refractivity contribution in [3.05, 3.63) is 65.7 Å². The molecule has 1 fully saturated rings. The molecule has 0 unspecified atom stereocenters. The number of aryl methyl sites for hydroxylation is 1. The molecule has 0 radical (unpaired) electrons. The Balaban J connectivity index is 1.33. The number of anilines is 1. The van der Waals surface area contributed by atoms with Gasteiger partial charge in [0.25, 0.3) is 0 Å². The summed E-state index contributed by atoms with van der Waals surface area (Å²) in [6.07, 6.45) is 1.64. The SMILES string of the molecule is CC(=O)c1ccc(N2CCN(C(=O)CSc3nncn3-c3ccc(C)cc3)CC2)c(F)c1. The average molecular weight is 454 g/mol. The Bertz CT molecular complexity index is 1120. The molecule has 0 aliphatic carbocycles. The molecular weight excluding hydrogens is 429 g/mol. The molecule has 1 aliphatic heterocycles. The maximum atomic E-state index is 14.4. The second-order valence-corrected chi connectivity index (χ2v) is 8.64. The standard InChI is InChI=1S/C23H24FN5O2S/c1-16-3-6-19(7-4-16)29-15-25-26-23(29)32-14-22(31)28-11-9-27(10-12-28)21-8-5-18(17(2)30)13-20(21)24/h3-8,13,15H,9-12,14H2,1-2H3. The number of halogens is 1. The Morgan fingerprint density at radius 1 is 1.06 bits per heavy atom. The van der Waals surface area contributed by atoms with Gasteiger partial charge >= 0.3 is 0 Å². The quantitative estimate of drug-likeness (QED) is 0.421. The van der Waals surface area contributed by atoms with Crippen LogP contribution in [0.25, 0.3) is 5.69 Å². The van der Waals surface area contributed by atoms with Crippen molar-refractivity contribution in [3.8, 4) is 5.69 Å². The summed E-state index contributed by atoms with van der Waals surface area (Å²) in [6, 6.07) is 12.6. The van der Waals surface area contributed by atoms with E-state index in [2.05, 4.69) is 10.2 Å². The Morgan fingerprint density at radius 3 is 2.44 bits per heavy atom. The molecule has 0 saturated carbocycles. The van der Waals surface area contributed by atoms with Gasteiger partial charge in [0.1, 0.15) is 12.1 Å². The van der Waals surface area contributed by atoms with Crippen molar-refractivity contribution in [2.75, 3.05) is 36.8 Å². The van der Waals surface area contributed by atoms with Crippen molar-refractivity contribution in [2.45, 2.75) is 19.0 Å². The van der Waals surface area contributed by atoms with Crippen LogP contribution in [0.1, 0.15) is 22.8 Å². The van der Waals surface area contributed by atoms with Crippen molar-refractivity contribution in [1.29, 1.82) is 0 Å². The zero-order valence-corrected chi connectivity index (χ0v) is 18.8. The highest BCUT2D eigenvalue weighted by molar-refractivity contribution is 7.99. The molecule has 32 heavy (non-hydrogen) atoms. The van der Waals surface area contributed by atoms with Crippen molar-refractivity contribution in [1.82, 2.24) is 19.7 Å². The van der Waals surface area contributed by atoms with Gasteiger partial charge in [0, 0.05) is 37.4 Å². The van der Waals surface area contributed by atoms with Gasteiger partial charge in [-0.05, 0) is 44.2 Å². The van der Waals surface area contributed by atoms with E-state index in [4.69, 9.17) is 0 Å². The lowest BCUT2D eigenvalue weighted by Gasteiger charge is -2.36. The fourth-order valence-corrected chi connectivity index (χ4v) is 4.43. The summed E-state index contributed by atoms with van der Waals surface area (Å²) < 4.78 is 16.3. The van der Waals surface area contributed by atoms with Gasteiger partial charge in [0.2, 0.25) is 5.91 Å². The molecule has 0 atom stereocenters. The summed E-state index contributed by atoms with van der Waals surface area (Å²) in [4.78, 5) is 27.9. The molecule has 2 heterocycles. The molecule has 1 amide bonds. The highest BCUT2D eigenvalue weighted by Gasteiger charge is 2.23. The molecule has 3 aromatic rings. The van der Waals surface area contributed by atoms with E-state index in [1.54, 1.807) is 23.4 Å². The molecule has 0 N–H and O–H groups in total. The Hall–Kier alpha value is -3.20. The van der Waals surface area contributed by atoms with Gasteiger partial charge in [-0.15, -0.1) is 10.2 Å². The van der Waals surface area contributed by atoms with Crippen molar-refractivity contribution in [2.24, 2.45) is 0 Å². The van der Waals surface area contributed by atoms with E-state index in [0.717, 1.165) is 5.69 Å². The molecule has 0 bridgehead atoms. The van der Waals surface area contributed by atoms with Crippen LogP contribution in [0.4, 0.5) is 10.1 Å². The largest absolute Gasteiger partial charge is 0.366 e. The van der Waals surface area contributed by atoms with Crippen LogP contribution in [0.3, 0.4) is 0 Å². The Kier molecular flexibility index (Phi) is 6.55. The van der Waals surface area contributed by atoms with E-state index < -0.39 is 5.82 Å². The molecule has 4 rings (SSSR count). The molecular formula is C23H24FN5O2S. The molecule has 1 aliphatic rings. The number of carbonyl (C=O) groups is 2. The van der Waals surface area contributed by atoms with Gasteiger partial charge in [0.05, 0.1) is 11.4 Å². The number of benzene rings is 2. The molecule has 1 saturated heterocycles. The second kappa shape index (κ2) is 9.52. The van der Waals surface area contributed by atoms with Crippen LogP contribution in [0.15, 0.2) is 53.9 Å². The number of hydrogen-bond donors (Lipinski definition) is 0. The van der Waals surface area contributed by atoms with E-state index in [-0.39, 0.29) is 17.4 Å². The Labute approximate surface area is 190 Å². The lowest BCUT2D eigenvalue weighted by molar-refractivity contribution is -0.128. The van der Waals surface area contributed by atoms with E-state index >= 15 is 0 Å². The zero-order chi connectivity index (χ0) is 22.7. The smallest absolute Gasteiger partial charge is 0.233 e.